The molecule has 0 amide bonds. The number of carbonyl (C=O) groups excluding carboxylic acids is 1. The molecule has 1 saturated heterocycles. The van der Waals surface area contributed by atoms with Crippen LogP contribution in [0.15, 0.2) is 43.0 Å². The van der Waals surface area contributed by atoms with Gasteiger partial charge in [-0.2, -0.15) is 5.10 Å². The number of ether oxygens (including phenoxy) is 2. The van der Waals surface area contributed by atoms with Crippen LogP contribution in [0.3, 0.4) is 0 Å². The Morgan fingerprint density at radius 1 is 1.32 bits per heavy atom. The van der Waals surface area contributed by atoms with Crippen LogP contribution in [-0.4, -0.2) is 40.1 Å². The third-order valence-electron chi connectivity index (χ3n) is 4.63. The van der Waals surface area contributed by atoms with Crippen LogP contribution in [0.5, 0.6) is 0 Å². The number of Topliss-reactive ketones (excluding diaryl/α,β-unsaturated/α-hetero) is 1. The SMILES string of the molecule is CCCC1OCC(C)(C(=O)C(Cc2ccccc2)n2cncn2)CO1. The van der Waals surface area contributed by atoms with Gasteiger partial charge in [-0.15, -0.1) is 0 Å². The van der Waals surface area contributed by atoms with Crippen molar-refractivity contribution in [2.45, 2.75) is 45.4 Å². The van der Waals surface area contributed by atoms with Crippen LogP contribution in [0.25, 0.3) is 0 Å². The van der Waals surface area contributed by atoms with Gasteiger partial charge in [-0.1, -0.05) is 43.7 Å². The van der Waals surface area contributed by atoms with Gasteiger partial charge in [0.1, 0.15) is 18.7 Å². The lowest BCUT2D eigenvalue weighted by molar-refractivity contribution is -0.226. The van der Waals surface area contributed by atoms with Crippen molar-refractivity contribution in [2.24, 2.45) is 5.41 Å². The fourth-order valence-corrected chi connectivity index (χ4v) is 3.11. The molecule has 1 aliphatic heterocycles. The van der Waals surface area contributed by atoms with Gasteiger partial charge in [0.25, 0.3) is 0 Å². The summed E-state index contributed by atoms with van der Waals surface area (Å²) < 4.78 is 13.2. The number of ketones is 1. The second-order valence-electron chi connectivity index (χ2n) is 6.85. The summed E-state index contributed by atoms with van der Waals surface area (Å²) in [4.78, 5) is 17.3. The van der Waals surface area contributed by atoms with E-state index in [2.05, 4.69) is 17.0 Å². The van der Waals surface area contributed by atoms with Gasteiger partial charge in [-0.3, -0.25) is 4.79 Å². The van der Waals surface area contributed by atoms with E-state index < -0.39 is 11.5 Å². The number of rotatable bonds is 7. The van der Waals surface area contributed by atoms with Crippen LogP contribution in [0.4, 0.5) is 0 Å². The molecule has 1 unspecified atom stereocenters. The number of hydrogen-bond donors (Lipinski definition) is 0. The average molecular weight is 343 g/mol. The molecule has 6 heteroatoms. The van der Waals surface area contributed by atoms with Gasteiger partial charge in [-0.25, -0.2) is 9.67 Å². The van der Waals surface area contributed by atoms with Gasteiger partial charge in [0.2, 0.25) is 0 Å². The molecular formula is C19H25N3O3. The normalized spacial score (nSPS) is 24.8. The molecule has 1 aliphatic rings. The summed E-state index contributed by atoms with van der Waals surface area (Å²) in [7, 11) is 0. The highest BCUT2D eigenvalue weighted by atomic mass is 16.7. The van der Waals surface area contributed by atoms with Crippen molar-refractivity contribution in [3.05, 3.63) is 48.5 Å². The Hall–Kier alpha value is -2.05. The average Bonchev–Trinajstić information content (AvgIpc) is 3.17. The molecule has 2 aromatic rings. The molecule has 1 atom stereocenters. The summed E-state index contributed by atoms with van der Waals surface area (Å²) in [5.74, 6) is 0.0665. The Morgan fingerprint density at radius 3 is 2.64 bits per heavy atom. The number of carbonyl (C=O) groups is 1. The van der Waals surface area contributed by atoms with Crippen molar-refractivity contribution in [3.8, 4) is 0 Å². The third-order valence-corrected chi connectivity index (χ3v) is 4.63. The molecule has 0 radical (unpaired) electrons. The lowest BCUT2D eigenvalue weighted by atomic mass is 9.81. The van der Waals surface area contributed by atoms with E-state index in [4.69, 9.17) is 9.47 Å². The fraction of sp³-hybridized carbons (Fsp3) is 0.526. The topological polar surface area (TPSA) is 66.2 Å². The molecule has 0 spiro atoms. The van der Waals surface area contributed by atoms with E-state index >= 15 is 0 Å². The van der Waals surface area contributed by atoms with Gasteiger partial charge in [0.15, 0.2) is 12.1 Å². The van der Waals surface area contributed by atoms with Crippen LogP contribution in [0.1, 0.15) is 38.3 Å². The van der Waals surface area contributed by atoms with E-state index in [-0.39, 0.29) is 12.1 Å². The molecule has 134 valence electrons. The minimum absolute atomic E-state index is 0.0665. The zero-order valence-electron chi connectivity index (χ0n) is 14.8. The largest absolute Gasteiger partial charge is 0.352 e. The lowest BCUT2D eigenvalue weighted by Crippen LogP contribution is -2.48. The molecule has 6 nitrogen and oxygen atoms in total. The lowest BCUT2D eigenvalue weighted by Gasteiger charge is -2.38. The van der Waals surface area contributed by atoms with Gasteiger partial charge in [-0.05, 0) is 18.9 Å². The van der Waals surface area contributed by atoms with Gasteiger partial charge in [0.05, 0.1) is 18.6 Å². The maximum atomic E-state index is 13.3. The van der Waals surface area contributed by atoms with Crippen molar-refractivity contribution in [1.82, 2.24) is 14.8 Å². The van der Waals surface area contributed by atoms with Crippen molar-refractivity contribution >= 4 is 5.78 Å². The third kappa shape index (κ3) is 4.14. The molecule has 2 heterocycles. The Bertz CT molecular complexity index is 664. The zero-order valence-corrected chi connectivity index (χ0v) is 14.8. The Labute approximate surface area is 148 Å². The second kappa shape index (κ2) is 7.89. The van der Waals surface area contributed by atoms with Gasteiger partial charge >= 0.3 is 0 Å². The maximum absolute atomic E-state index is 13.3. The molecule has 0 N–H and O–H groups in total. The minimum atomic E-state index is -0.685. The molecule has 1 fully saturated rings. The van der Waals surface area contributed by atoms with Crippen LogP contribution in [0, 0.1) is 5.41 Å². The summed E-state index contributed by atoms with van der Waals surface area (Å²) in [6.07, 6.45) is 5.26. The zero-order chi connectivity index (χ0) is 17.7. The van der Waals surface area contributed by atoms with Gasteiger partial charge < -0.3 is 9.47 Å². The highest BCUT2D eigenvalue weighted by Gasteiger charge is 2.43. The predicted octanol–water partition coefficient (Wildman–Crippen LogP) is 2.81. The van der Waals surface area contributed by atoms with Crippen LogP contribution >= 0.6 is 0 Å². The molecule has 0 bridgehead atoms. The number of nitrogens with zero attached hydrogens (tertiary/aromatic N) is 3. The smallest absolute Gasteiger partial charge is 0.168 e. The van der Waals surface area contributed by atoms with Crippen molar-refractivity contribution in [1.29, 1.82) is 0 Å². The fourth-order valence-electron chi connectivity index (χ4n) is 3.11. The molecule has 25 heavy (non-hydrogen) atoms. The molecular weight excluding hydrogens is 318 g/mol. The van der Waals surface area contributed by atoms with Crippen molar-refractivity contribution < 1.29 is 14.3 Å². The summed E-state index contributed by atoms with van der Waals surface area (Å²) in [6.45, 7) is 4.74. The Kier molecular flexibility index (Phi) is 5.60. The number of hydrogen-bond acceptors (Lipinski definition) is 5. The van der Waals surface area contributed by atoms with E-state index in [1.807, 2.05) is 37.3 Å². The highest BCUT2D eigenvalue weighted by molar-refractivity contribution is 5.88. The molecule has 1 aromatic carbocycles. The predicted molar refractivity (Wildman–Crippen MR) is 92.9 cm³/mol. The molecule has 0 aliphatic carbocycles. The first-order chi connectivity index (χ1) is 12.1. The summed E-state index contributed by atoms with van der Waals surface area (Å²) in [5, 5.41) is 4.21. The van der Waals surface area contributed by atoms with E-state index in [9.17, 15) is 4.79 Å². The molecule has 3 rings (SSSR count). The second-order valence-corrected chi connectivity index (χ2v) is 6.85. The van der Waals surface area contributed by atoms with Crippen molar-refractivity contribution in [2.75, 3.05) is 13.2 Å². The molecule has 1 aromatic heterocycles. The minimum Gasteiger partial charge on any atom is -0.352 e. The van der Waals surface area contributed by atoms with Crippen molar-refractivity contribution in [3.63, 3.8) is 0 Å². The first-order valence-corrected chi connectivity index (χ1v) is 8.78. The first kappa shape index (κ1) is 17.8. The Balaban J connectivity index is 1.77. The standard InChI is InChI=1S/C19H25N3O3/c1-3-7-17-24-11-19(2,12-25-17)18(23)16(22-14-20-13-21-22)10-15-8-5-4-6-9-15/h4-6,8-9,13-14,16-17H,3,7,10-12H2,1-2H3. The molecule has 0 saturated carbocycles. The maximum Gasteiger partial charge on any atom is 0.168 e. The number of benzene rings is 1. The van der Waals surface area contributed by atoms with E-state index in [1.54, 1.807) is 11.0 Å². The number of aromatic nitrogens is 3. The van der Waals surface area contributed by atoms with Crippen LogP contribution < -0.4 is 0 Å². The Morgan fingerprint density at radius 2 is 2.04 bits per heavy atom. The summed E-state index contributed by atoms with van der Waals surface area (Å²) >= 11 is 0. The summed E-state index contributed by atoms with van der Waals surface area (Å²) in [5.41, 5.74) is 0.400. The van der Waals surface area contributed by atoms with E-state index in [0.717, 1.165) is 18.4 Å². The quantitative estimate of drug-likeness (QED) is 0.773. The first-order valence-electron chi connectivity index (χ1n) is 8.78. The van der Waals surface area contributed by atoms with Crippen LogP contribution in [0.2, 0.25) is 0 Å². The van der Waals surface area contributed by atoms with Gasteiger partial charge in [0, 0.05) is 6.42 Å². The highest BCUT2D eigenvalue weighted by Crippen LogP contribution is 2.32. The van der Waals surface area contributed by atoms with Crippen LogP contribution in [-0.2, 0) is 20.7 Å². The van der Waals surface area contributed by atoms with E-state index in [0.29, 0.717) is 19.6 Å². The summed E-state index contributed by atoms with van der Waals surface area (Å²) in [6, 6.07) is 9.53. The monoisotopic (exact) mass is 343 g/mol. The van der Waals surface area contributed by atoms with E-state index in [1.165, 1.54) is 6.33 Å².